The van der Waals surface area contributed by atoms with Gasteiger partial charge in [-0.25, -0.2) is 9.97 Å². The van der Waals surface area contributed by atoms with E-state index in [0.29, 0.717) is 5.92 Å². The number of morpholine rings is 1. The van der Waals surface area contributed by atoms with Gasteiger partial charge in [0.15, 0.2) is 0 Å². The first-order chi connectivity index (χ1) is 13.7. The molecule has 0 N–H and O–H groups in total. The average Bonchev–Trinajstić information content (AvgIpc) is 3.47. The second-order valence-electron chi connectivity index (χ2n) is 8.08. The highest BCUT2D eigenvalue weighted by molar-refractivity contribution is 7.17. The smallest absolute Gasteiger partial charge is 0.141 e. The molecule has 5 nitrogen and oxygen atoms in total. The van der Waals surface area contributed by atoms with E-state index < -0.39 is 0 Å². The highest BCUT2D eigenvalue weighted by atomic mass is 32.1. The van der Waals surface area contributed by atoms with E-state index in [1.165, 1.54) is 29.4 Å². The molecule has 1 aliphatic carbocycles. The normalized spacial score (nSPS) is 20.2. The van der Waals surface area contributed by atoms with Gasteiger partial charge in [-0.15, -0.1) is 11.3 Å². The number of aromatic nitrogens is 2. The van der Waals surface area contributed by atoms with Gasteiger partial charge in [0.1, 0.15) is 16.5 Å². The maximum Gasteiger partial charge on any atom is 0.141 e. The largest absolute Gasteiger partial charge is 0.373 e. The van der Waals surface area contributed by atoms with E-state index in [0.717, 1.165) is 42.7 Å². The third-order valence-electron chi connectivity index (χ3n) is 5.47. The maximum absolute atomic E-state index is 6.01. The molecule has 1 unspecified atom stereocenters. The Kier molecular flexibility index (Phi) is 4.78. The van der Waals surface area contributed by atoms with Gasteiger partial charge in [-0.3, -0.25) is 0 Å². The van der Waals surface area contributed by atoms with Gasteiger partial charge in [-0.2, -0.15) is 0 Å². The van der Waals surface area contributed by atoms with Crippen LogP contribution in [0, 0.1) is 0 Å². The molecule has 0 bridgehead atoms. The summed E-state index contributed by atoms with van der Waals surface area (Å²) in [4.78, 5) is 15.8. The number of anilines is 1. The molecule has 1 saturated heterocycles. The monoisotopic (exact) mass is 394 g/mol. The Labute approximate surface area is 170 Å². The fraction of sp³-hybridized carbons (Fsp3) is 0.455. The molecular weight excluding hydrogens is 368 g/mol. The van der Waals surface area contributed by atoms with Crippen molar-refractivity contribution in [3.63, 3.8) is 0 Å². The van der Waals surface area contributed by atoms with E-state index in [9.17, 15) is 0 Å². The fourth-order valence-corrected chi connectivity index (χ4v) is 4.90. The Morgan fingerprint density at radius 3 is 2.75 bits per heavy atom. The molecule has 2 aromatic heterocycles. The molecule has 0 spiro atoms. The number of thiophene rings is 1. The molecule has 6 heteroatoms. The van der Waals surface area contributed by atoms with Gasteiger partial charge >= 0.3 is 0 Å². The summed E-state index contributed by atoms with van der Waals surface area (Å²) >= 11 is 1.74. The van der Waals surface area contributed by atoms with Crippen LogP contribution in [0.4, 0.5) is 5.82 Å². The highest BCUT2D eigenvalue weighted by Crippen LogP contribution is 2.43. The van der Waals surface area contributed by atoms with Gasteiger partial charge < -0.3 is 14.5 Å². The lowest BCUT2D eigenvalue weighted by Gasteiger charge is -2.35. The van der Waals surface area contributed by atoms with Crippen LogP contribution in [0.1, 0.15) is 24.6 Å². The van der Waals surface area contributed by atoms with Crippen LogP contribution in [0.2, 0.25) is 0 Å². The minimum atomic E-state index is 0.206. The zero-order valence-corrected chi connectivity index (χ0v) is 17.3. The Morgan fingerprint density at radius 2 is 2.00 bits per heavy atom. The molecule has 2 aliphatic rings. The van der Waals surface area contributed by atoms with Crippen LogP contribution < -0.4 is 4.90 Å². The van der Waals surface area contributed by atoms with Gasteiger partial charge in [0.25, 0.3) is 0 Å². The zero-order valence-electron chi connectivity index (χ0n) is 16.5. The summed E-state index contributed by atoms with van der Waals surface area (Å²) in [6, 6.07) is 10.6. The summed E-state index contributed by atoms with van der Waals surface area (Å²) in [5.74, 6) is 2.67. The molecule has 28 heavy (non-hydrogen) atoms. The van der Waals surface area contributed by atoms with Crippen molar-refractivity contribution < 1.29 is 4.74 Å². The summed E-state index contributed by atoms with van der Waals surface area (Å²) in [7, 11) is 4.20. The maximum atomic E-state index is 6.01. The molecule has 1 aromatic carbocycles. The van der Waals surface area contributed by atoms with Crippen LogP contribution >= 0.6 is 11.3 Å². The Morgan fingerprint density at radius 1 is 1.18 bits per heavy atom. The first kappa shape index (κ1) is 18.0. The molecule has 1 saturated carbocycles. The lowest BCUT2D eigenvalue weighted by molar-refractivity contribution is 0.0246. The summed E-state index contributed by atoms with van der Waals surface area (Å²) in [5, 5.41) is 3.44. The van der Waals surface area contributed by atoms with E-state index in [1.807, 2.05) is 0 Å². The van der Waals surface area contributed by atoms with Gasteiger partial charge in [-0.1, -0.05) is 30.3 Å². The number of hydrogen-bond donors (Lipinski definition) is 0. The standard InChI is InChI=1S/C22H26N4OS/c1-25(2)12-17-13-26(10-11-27-17)21-19-18(15-6-4-3-5-7-15)14-28-22(19)24-20(23-21)16-8-9-16/h3-7,14,16-17H,8-13H2,1-2H3. The Hall–Kier alpha value is -2.02. The van der Waals surface area contributed by atoms with Gasteiger partial charge in [0.2, 0.25) is 0 Å². The number of nitrogens with zero attached hydrogens (tertiary/aromatic N) is 4. The quantitative estimate of drug-likeness (QED) is 0.654. The summed E-state index contributed by atoms with van der Waals surface area (Å²) in [5.41, 5.74) is 2.48. The van der Waals surface area contributed by atoms with E-state index in [-0.39, 0.29) is 6.10 Å². The molecule has 5 rings (SSSR count). The molecule has 1 aliphatic heterocycles. The third-order valence-corrected chi connectivity index (χ3v) is 6.34. The Balaban J connectivity index is 1.60. The first-order valence-corrected chi connectivity index (χ1v) is 10.9. The van der Waals surface area contributed by atoms with E-state index in [4.69, 9.17) is 14.7 Å². The number of rotatable bonds is 5. The highest BCUT2D eigenvalue weighted by Gasteiger charge is 2.31. The minimum Gasteiger partial charge on any atom is -0.373 e. The van der Waals surface area contributed by atoms with Crippen LogP contribution in [0.15, 0.2) is 35.7 Å². The van der Waals surface area contributed by atoms with Crippen LogP contribution in [0.5, 0.6) is 0 Å². The summed E-state index contributed by atoms with van der Waals surface area (Å²) in [6.45, 7) is 3.42. The van der Waals surface area contributed by atoms with Crippen LogP contribution in [-0.2, 0) is 4.74 Å². The number of ether oxygens (including phenoxy) is 1. The molecule has 146 valence electrons. The molecular formula is C22H26N4OS. The van der Waals surface area contributed by atoms with E-state index >= 15 is 0 Å². The molecule has 0 amide bonds. The first-order valence-electron chi connectivity index (χ1n) is 10.0. The number of likely N-dealkylation sites (N-methyl/N-ethyl adjacent to an activating group) is 1. The van der Waals surface area contributed by atoms with Crippen molar-refractivity contribution in [2.45, 2.75) is 24.9 Å². The number of benzene rings is 1. The van der Waals surface area contributed by atoms with Crippen molar-refractivity contribution >= 4 is 27.4 Å². The van der Waals surface area contributed by atoms with E-state index in [2.05, 4.69) is 59.6 Å². The number of hydrogen-bond acceptors (Lipinski definition) is 6. The molecule has 1 atom stereocenters. The topological polar surface area (TPSA) is 41.5 Å². The third kappa shape index (κ3) is 3.52. The molecule has 0 radical (unpaired) electrons. The van der Waals surface area contributed by atoms with Crippen molar-refractivity contribution in [2.75, 3.05) is 45.2 Å². The second kappa shape index (κ2) is 7.43. The fourth-order valence-electron chi connectivity index (χ4n) is 3.95. The van der Waals surface area contributed by atoms with Crippen LogP contribution in [0.3, 0.4) is 0 Å². The predicted molar refractivity (Wildman–Crippen MR) is 115 cm³/mol. The molecule has 3 aromatic rings. The van der Waals surface area contributed by atoms with Gasteiger partial charge in [-0.05, 0) is 32.5 Å². The van der Waals surface area contributed by atoms with E-state index in [1.54, 1.807) is 11.3 Å². The lowest BCUT2D eigenvalue weighted by Crippen LogP contribution is -2.47. The second-order valence-corrected chi connectivity index (χ2v) is 8.93. The lowest BCUT2D eigenvalue weighted by atomic mass is 10.1. The molecule has 2 fully saturated rings. The van der Waals surface area contributed by atoms with Crippen molar-refractivity contribution in [1.29, 1.82) is 0 Å². The average molecular weight is 395 g/mol. The van der Waals surface area contributed by atoms with Crippen molar-refractivity contribution in [1.82, 2.24) is 14.9 Å². The van der Waals surface area contributed by atoms with Crippen molar-refractivity contribution in [3.8, 4) is 11.1 Å². The van der Waals surface area contributed by atoms with Crippen molar-refractivity contribution in [2.24, 2.45) is 0 Å². The van der Waals surface area contributed by atoms with Gasteiger partial charge in [0.05, 0.1) is 18.1 Å². The summed E-state index contributed by atoms with van der Waals surface area (Å²) < 4.78 is 6.01. The predicted octanol–water partition coefficient (Wildman–Crippen LogP) is 4.00. The van der Waals surface area contributed by atoms with Crippen molar-refractivity contribution in [3.05, 3.63) is 41.5 Å². The number of fused-ring (bicyclic) bond motifs is 1. The summed E-state index contributed by atoms with van der Waals surface area (Å²) in [6.07, 6.45) is 2.64. The molecule has 3 heterocycles. The minimum absolute atomic E-state index is 0.206. The SMILES string of the molecule is CN(C)CC1CN(c2nc(C3CC3)nc3scc(-c4ccccc4)c23)CCO1. The Bertz CT molecular complexity index is 967. The van der Waals surface area contributed by atoms with Crippen LogP contribution in [0.25, 0.3) is 21.3 Å². The zero-order chi connectivity index (χ0) is 19.1. The van der Waals surface area contributed by atoms with Gasteiger partial charge in [0, 0.05) is 36.5 Å². The van der Waals surface area contributed by atoms with Crippen LogP contribution in [-0.4, -0.2) is 61.3 Å².